The zero-order chi connectivity index (χ0) is 21.6. The Bertz CT molecular complexity index is 1400. The van der Waals surface area contributed by atoms with Gasteiger partial charge in [-0.15, -0.1) is 0 Å². The second-order valence-corrected chi connectivity index (χ2v) is 6.88. The number of H-pyrrole nitrogens is 1. The highest BCUT2D eigenvalue weighted by Crippen LogP contribution is 2.38. The van der Waals surface area contributed by atoms with E-state index in [0.29, 0.717) is 22.5 Å². The molecule has 0 unspecified atom stereocenters. The van der Waals surface area contributed by atoms with Crippen LogP contribution in [-0.2, 0) is 0 Å². The second kappa shape index (κ2) is 7.16. The highest BCUT2D eigenvalue weighted by Gasteiger charge is 2.23. The molecule has 30 heavy (non-hydrogen) atoms. The summed E-state index contributed by atoms with van der Waals surface area (Å²) >= 11 is 5.10. The molecule has 3 aromatic rings. The van der Waals surface area contributed by atoms with Gasteiger partial charge in [-0.25, -0.2) is 4.39 Å². The lowest BCUT2D eigenvalue weighted by atomic mass is 10.0. The van der Waals surface area contributed by atoms with Gasteiger partial charge in [0.25, 0.3) is 11.2 Å². The van der Waals surface area contributed by atoms with Crippen molar-refractivity contribution in [2.75, 3.05) is 0 Å². The van der Waals surface area contributed by atoms with Crippen LogP contribution in [0.3, 0.4) is 0 Å². The predicted molar refractivity (Wildman–Crippen MR) is 113 cm³/mol. The summed E-state index contributed by atoms with van der Waals surface area (Å²) in [5.74, 6) is -1.21. The molecule has 1 aromatic heterocycles. The Morgan fingerprint density at radius 1 is 1.30 bits per heavy atom. The van der Waals surface area contributed by atoms with E-state index in [1.807, 2.05) is 0 Å². The minimum atomic E-state index is -0.690. The molecular formula is C20H13FN4O4S. The number of nitrogens with one attached hydrogen (secondary N) is 1. The first kappa shape index (κ1) is 19.4. The van der Waals surface area contributed by atoms with Crippen LogP contribution in [0.1, 0.15) is 18.1 Å². The van der Waals surface area contributed by atoms with Crippen LogP contribution >= 0.6 is 12.2 Å². The number of fused-ring (bicyclic) bond motifs is 1. The van der Waals surface area contributed by atoms with Gasteiger partial charge < -0.3 is 5.11 Å². The smallest absolute Gasteiger partial charge is 0.270 e. The highest BCUT2D eigenvalue weighted by molar-refractivity contribution is 7.71. The third-order valence-electron chi connectivity index (χ3n) is 4.66. The molecule has 10 heteroatoms. The van der Waals surface area contributed by atoms with Gasteiger partial charge in [-0.2, -0.15) is 0 Å². The molecule has 0 spiro atoms. The second-order valence-electron chi connectivity index (χ2n) is 6.50. The Balaban J connectivity index is 1.96. The number of halogens is 1. The van der Waals surface area contributed by atoms with Crippen molar-refractivity contribution in [3.05, 3.63) is 84.6 Å². The van der Waals surface area contributed by atoms with E-state index < -0.39 is 22.2 Å². The number of aliphatic imine (C=N–C) groups is 1. The average molecular weight is 424 g/mol. The van der Waals surface area contributed by atoms with Crippen LogP contribution in [0.4, 0.5) is 15.8 Å². The molecule has 0 aliphatic carbocycles. The van der Waals surface area contributed by atoms with E-state index in [9.17, 15) is 24.4 Å². The lowest BCUT2D eigenvalue weighted by molar-refractivity contribution is -0.384. The zero-order valence-electron chi connectivity index (χ0n) is 15.4. The van der Waals surface area contributed by atoms with E-state index in [4.69, 9.17) is 12.2 Å². The molecule has 8 nitrogen and oxygen atoms in total. The van der Waals surface area contributed by atoms with Gasteiger partial charge in [0, 0.05) is 29.0 Å². The summed E-state index contributed by atoms with van der Waals surface area (Å²) in [6.45, 7) is 1.68. The SMILES string of the molecule is CC1=Nc2ccc([N+](=O)[O-])cc2C1=Cc1c(O)n(-c2ccccc2F)c(=S)[nH]c1=O. The predicted octanol–water partition coefficient (Wildman–Crippen LogP) is 4.29. The third kappa shape index (κ3) is 3.12. The number of nitro benzene ring substituents is 1. The van der Waals surface area contributed by atoms with Gasteiger partial charge in [0.15, 0.2) is 4.77 Å². The monoisotopic (exact) mass is 424 g/mol. The normalized spacial score (nSPS) is 13.9. The Morgan fingerprint density at radius 3 is 2.73 bits per heavy atom. The van der Waals surface area contributed by atoms with E-state index in [2.05, 4.69) is 9.98 Å². The first-order valence-corrected chi connectivity index (χ1v) is 9.08. The maximum absolute atomic E-state index is 14.3. The number of hydrogen-bond donors (Lipinski definition) is 2. The van der Waals surface area contributed by atoms with Gasteiger partial charge in [-0.05, 0) is 43.4 Å². The van der Waals surface area contributed by atoms with Crippen molar-refractivity contribution >= 4 is 41.0 Å². The first-order valence-electron chi connectivity index (χ1n) is 8.67. The zero-order valence-corrected chi connectivity index (χ0v) is 16.2. The maximum Gasteiger partial charge on any atom is 0.270 e. The van der Waals surface area contributed by atoms with Gasteiger partial charge in [0.05, 0.1) is 16.3 Å². The van der Waals surface area contributed by atoms with Crippen molar-refractivity contribution in [3.63, 3.8) is 0 Å². The maximum atomic E-state index is 14.3. The van der Waals surface area contributed by atoms with Crippen LogP contribution in [0.15, 0.2) is 52.3 Å². The van der Waals surface area contributed by atoms with Gasteiger partial charge in [-0.1, -0.05) is 12.1 Å². The van der Waals surface area contributed by atoms with Crippen LogP contribution in [0, 0.1) is 20.7 Å². The van der Waals surface area contributed by atoms with E-state index in [0.717, 1.165) is 4.57 Å². The summed E-state index contributed by atoms with van der Waals surface area (Å²) in [5, 5.41) is 21.9. The van der Waals surface area contributed by atoms with Crippen LogP contribution < -0.4 is 5.56 Å². The number of aromatic nitrogens is 2. The molecule has 0 atom stereocenters. The summed E-state index contributed by atoms with van der Waals surface area (Å²) < 4.78 is 15.1. The Hall–Kier alpha value is -3.92. The molecule has 2 N–H and O–H groups in total. The van der Waals surface area contributed by atoms with Crippen molar-refractivity contribution in [2.45, 2.75) is 6.92 Å². The van der Waals surface area contributed by atoms with Gasteiger partial charge in [0.1, 0.15) is 11.4 Å². The largest absolute Gasteiger partial charge is 0.494 e. The highest BCUT2D eigenvalue weighted by atomic mass is 32.1. The summed E-state index contributed by atoms with van der Waals surface area (Å²) in [5.41, 5.74) is 0.826. The summed E-state index contributed by atoms with van der Waals surface area (Å²) in [4.78, 5) is 29.9. The molecule has 1 aliphatic heterocycles. The van der Waals surface area contributed by atoms with Crippen LogP contribution in [-0.4, -0.2) is 25.3 Å². The molecule has 0 bridgehead atoms. The molecule has 2 heterocycles. The quantitative estimate of drug-likeness (QED) is 0.370. The number of non-ortho nitro benzene ring substituents is 1. The molecule has 0 radical (unpaired) electrons. The Morgan fingerprint density at radius 2 is 2.03 bits per heavy atom. The van der Waals surface area contributed by atoms with Crippen LogP contribution in [0.5, 0.6) is 5.88 Å². The molecule has 0 amide bonds. The van der Waals surface area contributed by atoms with Crippen LogP contribution in [0.2, 0.25) is 0 Å². The van der Waals surface area contributed by atoms with E-state index in [1.165, 1.54) is 42.5 Å². The topological polar surface area (TPSA) is 114 Å². The number of hydrogen-bond acceptors (Lipinski definition) is 6. The minimum Gasteiger partial charge on any atom is -0.494 e. The molecule has 150 valence electrons. The fourth-order valence-electron chi connectivity index (χ4n) is 3.24. The van der Waals surface area contributed by atoms with Crippen molar-refractivity contribution in [1.29, 1.82) is 0 Å². The molecule has 4 rings (SSSR count). The summed E-state index contributed by atoms with van der Waals surface area (Å²) in [7, 11) is 0. The van der Waals surface area contributed by atoms with E-state index in [-0.39, 0.29) is 21.7 Å². The molecule has 0 saturated heterocycles. The fraction of sp³-hybridized carbons (Fsp3) is 0.0500. The van der Waals surface area contributed by atoms with Crippen LogP contribution in [0.25, 0.3) is 17.3 Å². The lowest BCUT2D eigenvalue weighted by Gasteiger charge is -2.12. The molecule has 2 aromatic carbocycles. The number of nitrogens with zero attached hydrogens (tertiary/aromatic N) is 3. The van der Waals surface area contributed by atoms with Gasteiger partial charge >= 0.3 is 0 Å². The standard InChI is InChI=1S/C20H13FN4O4S/c1-10-12(13-8-11(25(28)29)6-7-16(13)22-10)9-14-18(26)23-20(30)24(19(14)27)17-5-3-2-4-15(17)21/h2-9,27H,1H3,(H,23,26,30). The van der Waals surface area contributed by atoms with Crippen molar-refractivity contribution in [3.8, 4) is 11.6 Å². The molecular weight excluding hydrogens is 411 g/mol. The fourth-order valence-corrected chi connectivity index (χ4v) is 3.52. The van der Waals surface area contributed by atoms with Crippen molar-refractivity contribution in [1.82, 2.24) is 9.55 Å². The number of nitro groups is 1. The minimum absolute atomic E-state index is 0.0382. The number of rotatable bonds is 3. The van der Waals surface area contributed by atoms with E-state index >= 15 is 0 Å². The molecule has 1 aliphatic rings. The van der Waals surface area contributed by atoms with Crippen molar-refractivity contribution < 1.29 is 14.4 Å². The Labute approximate surface area is 173 Å². The number of benzene rings is 2. The summed E-state index contributed by atoms with van der Waals surface area (Å²) in [6, 6.07) is 9.83. The van der Waals surface area contributed by atoms with Gasteiger partial charge in [0.2, 0.25) is 5.88 Å². The number of allylic oxidation sites excluding steroid dienone is 1. The van der Waals surface area contributed by atoms with Crippen molar-refractivity contribution in [2.24, 2.45) is 4.99 Å². The number of para-hydroxylation sites is 1. The Kier molecular flexibility index (Phi) is 4.63. The lowest BCUT2D eigenvalue weighted by Crippen LogP contribution is -2.17. The van der Waals surface area contributed by atoms with E-state index in [1.54, 1.807) is 13.0 Å². The number of aromatic hydroxyl groups is 1. The molecule has 0 fully saturated rings. The molecule has 0 saturated carbocycles. The average Bonchev–Trinajstić information content (AvgIpc) is 3.00. The third-order valence-corrected chi connectivity index (χ3v) is 4.95. The van der Waals surface area contributed by atoms with Gasteiger partial charge in [-0.3, -0.25) is 29.5 Å². The number of aromatic amines is 1. The summed E-state index contributed by atoms with van der Waals surface area (Å²) in [6.07, 6.45) is 1.36. The first-order chi connectivity index (χ1) is 14.3.